The number of nitrogens with zero attached hydrogens (tertiary/aromatic N) is 8. The number of hydrogen-bond donors (Lipinski definition) is 1. The topological polar surface area (TPSA) is 128 Å². The van der Waals surface area contributed by atoms with Gasteiger partial charge in [-0.3, -0.25) is 0 Å². The number of hydrogen-bond acceptors (Lipinski definition) is 8. The SMILES string of the molecule is CC(C)n1nncc1-c1cc(-c2cccc(N3CCC(N(C)S(C)(=O)=O)CC3)c2)n2ncnc(N)c12. The molecule has 1 fully saturated rings. The molecular formula is C24H31N9O2S. The molecule has 3 aromatic heterocycles. The number of nitrogens with two attached hydrogens (primary N) is 1. The van der Waals surface area contributed by atoms with Crippen LogP contribution in [-0.4, -0.2) is 74.7 Å². The summed E-state index contributed by atoms with van der Waals surface area (Å²) in [5, 5.41) is 12.9. The van der Waals surface area contributed by atoms with Gasteiger partial charge < -0.3 is 10.6 Å². The summed E-state index contributed by atoms with van der Waals surface area (Å²) in [4.78, 5) is 6.53. The Labute approximate surface area is 210 Å². The van der Waals surface area contributed by atoms with Crippen molar-refractivity contribution in [2.75, 3.05) is 37.0 Å². The summed E-state index contributed by atoms with van der Waals surface area (Å²) in [6, 6.07) is 10.5. The van der Waals surface area contributed by atoms with Gasteiger partial charge in [-0.1, -0.05) is 17.3 Å². The predicted octanol–water partition coefficient (Wildman–Crippen LogP) is 2.68. The number of benzene rings is 1. The molecule has 0 unspecified atom stereocenters. The van der Waals surface area contributed by atoms with Gasteiger partial charge in [-0.25, -0.2) is 26.9 Å². The van der Waals surface area contributed by atoms with E-state index in [0.717, 1.165) is 54.1 Å². The number of aromatic nitrogens is 6. The van der Waals surface area contributed by atoms with Crippen molar-refractivity contribution in [3.05, 3.63) is 42.9 Å². The van der Waals surface area contributed by atoms with E-state index in [1.807, 2.05) is 15.3 Å². The van der Waals surface area contributed by atoms with Crippen LogP contribution < -0.4 is 10.6 Å². The standard InChI is InChI=1S/C24H31N9O2S/c1-16(2)32-22(14-27-29-32)20-13-21(33-23(20)24(25)26-15-28-33)17-6-5-7-19(12-17)31-10-8-18(9-11-31)30(3)36(4,34)35/h5-7,12-16,18H,8-11H2,1-4H3,(H2,25,26,28). The molecule has 1 aromatic carbocycles. The number of anilines is 2. The number of rotatable bonds is 6. The molecule has 0 radical (unpaired) electrons. The first-order valence-corrected chi connectivity index (χ1v) is 13.8. The van der Waals surface area contributed by atoms with Crippen molar-refractivity contribution in [2.24, 2.45) is 0 Å². The molecule has 1 saturated heterocycles. The second-order valence-electron chi connectivity index (χ2n) is 9.55. The monoisotopic (exact) mass is 509 g/mol. The summed E-state index contributed by atoms with van der Waals surface area (Å²) in [5.41, 5.74) is 11.7. The van der Waals surface area contributed by atoms with Gasteiger partial charge in [0.25, 0.3) is 0 Å². The average molecular weight is 510 g/mol. The van der Waals surface area contributed by atoms with E-state index in [0.29, 0.717) is 11.3 Å². The van der Waals surface area contributed by atoms with Gasteiger partial charge in [0.2, 0.25) is 10.0 Å². The predicted molar refractivity (Wildman–Crippen MR) is 140 cm³/mol. The minimum Gasteiger partial charge on any atom is -0.382 e. The summed E-state index contributed by atoms with van der Waals surface area (Å²) in [6.45, 7) is 5.67. The zero-order valence-electron chi connectivity index (χ0n) is 20.9. The number of nitrogen functional groups attached to an aromatic ring is 1. The lowest BCUT2D eigenvalue weighted by Crippen LogP contribution is -2.45. The molecule has 190 valence electrons. The molecule has 4 heterocycles. The zero-order chi connectivity index (χ0) is 25.6. The highest BCUT2D eigenvalue weighted by Gasteiger charge is 2.27. The van der Waals surface area contributed by atoms with Crippen molar-refractivity contribution in [3.63, 3.8) is 0 Å². The maximum Gasteiger partial charge on any atom is 0.211 e. The van der Waals surface area contributed by atoms with Crippen LogP contribution in [0.2, 0.25) is 0 Å². The Morgan fingerprint density at radius 1 is 1.14 bits per heavy atom. The Hall–Kier alpha value is -3.51. The summed E-state index contributed by atoms with van der Waals surface area (Å²) in [6.07, 6.45) is 6.02. The molecule has 5 rings (SSSR count). The Morgan fingerprint density at radius 2 is 1.89 bits per heavy atom. The number of piperidine rings is 1. The second-order valence-corrected chi connectivity index (χ2v) is 11.6. The first-order chi connectivity index (χ1) is 17.1. The van der Waals surface area contributed by atoms with Gasteiger partial charge in [-0.05, 0) is 44.9 Å². The van der Waals surface area contributed by atoms with Gasteiger partial charge in [-0.15, -0.1) is 5.10 Å². The highest BCUT2D eigenvalue weighted by Crippen LogP contribution is 2.36. The molecule has 0 bridgehead atoms. The fourth-order valence-electron chi connectivity index (χ4n) is 4.91. The molecule has 11 nitrogen and oxygen atoms in total. The van der Waals surface area contributed by atoms with Crippen LogP contribution in [0.3, 0.4) is 0 Å². The largest absolute Gasteiger partial charge is 0.382 e. The third kappa shape index (κ3) is 4.30. The molecule has 0 aliphatic carbocycles. The first-order valence-electron chi connectivity index (χ1n) is 12.0. The van der Waals surface area contributed by atoms with E-state index < -0.39 is 10.0 Å². The third-order valence-corrected chi connectivity index (χ3v) is 8.28. The van der Waals surface area contributed by atoms with Crippen molar-refractivity contribution in [3.8, 4) is 22.5 Å². The minimum absolute atomic E-state index is 0.0238. The maximum absolute atomic E-state index is 11.9. The van der Waals surface area contributed by atoms with E-state index in [2.05, 4.69) is 63.4 Å². The Kier molecular flexibility index (Phi) is 6.17. The van der Waals surface area contributed by atoms with E-state index in [1.165, 1.54) is 16.9 Å². The highest BCUT2D eigenvalue weighted by molar-refractivity contribution is 7.88. The van der Waals surface area contributed by atoms with Gasteiger partial charge in [0.05, 0.1) is 23.8 Å². The van der Waals surface area contributed by atoms with Crippen LogP contribution in [0.5, 0.6) is 0 Å². The number of sulfonamides is 1. The summed E-state index contributed by atoms with van der Waals surface area (Å²) >= 11 is 0. The van der Waals surface area contributed by atoms with Crippen LogP contribution >= 0.6 is 0 Å². The second kappa shape index (κ2) is 9.17. The van der Waals surface area contributed by atoms with Crippen molar-refractivity contribution >= 4 is 27.0 Å². The highest BCUT2D eigenvalue weighted by atomic mass is 32.2. The molecule has 0 spiro atoms. The molecule has 12 heteroatoms. The van der Waals surface area contributed by atoms with E-state index in [-0.39, 0.29) is 12.1 Å². The van der Waals surface area contributed by atoms with Gasteiger partial charge in [0, 0.05) is 49.0 Å². The number of fused-ring (bicyclic) bond motifs is 1. The van der Waals surface area contributed by atoms with E-state index >= 15 is 0 Å². The lowest BCUT2D eigenvalue weighted by molar-refractivity contribution is 0.314. The van der Waals surface area contributed by atoms with Gasteiger partial charge in [-0.2, -0.15) is 5.10 Å². The van der Waals surface area contributed by atoms with Crippen molar-refractivity contribution in [1.29, 1.82) is 0 Å². The van der Waals surface area contributed by atoms with Crippen LogP contribution in [0, 0.1) is 0 Å². The van der Waals surface area contributed by atoms with Crippen molar-refractivity contribution in [2.45, 2.75) is 38.8 Å². The van der Waals surface area contributed by atoms with Crippen LogP contribution in [0.1, 0.15) is 32.7 Å². The fraction of sp³-hybridized carbons (Fsp3) is 0.417. The van der Waals surface area contributed by atoms with E-state index in [4.69, 9.17) is 5.73 Å². The third-order valence-electron chi connectivity index (χ3n) is 6.93. The summed E-state index contributed by atoms with van der Waals surface area (Å²) in [7, 11) is -1.53. The lowest BCUT2D eigenvalue weighted by atomic mass is 10.0. The molecular weight excluding hydrogens is 478 g/mol. The summed E-state index contributed by atoms with van der Waals surface area (Å²) in [5.74, 6) is 0.385. The van der Waals surface area contributed by atoms with Crippen LogP contribution in [0.25, 0.3) is 28.0 Å². The molecule has 0 atom stereocenters. The average Bonchev–Trinajstić information content (AvgIpc) is 3.49. The Balaban J connectivity index is 1.50. The summed E-state index contributed by atoms with van der Waals surface area (Å²) < 4.78 is 29.1. The Morgan fingerprint density at radius 3 is 2.58 bits per heavy atom. The molecule has 36 heavy (non-hydrogen) atoms. The van der Waals surface area contributed by atoms with E-state index in [9.17, 15) is 8.42 Å². The smallest absolute Gasteiger partial charge is 0.211 e. The van der Waals surface area contributed by atoms with Crippen molar-refractivity contribution in [1.82, 2.24) is 33.9 Å². The quantitative estimate of drug-likeness (QED) is 0.420. The lowest BCUT2D eigenvalue weighted by Gasteiger charge is -2.37. The van der Waals surface area contributed by atoms with Crippen LogP contribution in [0.15, 0.2) is 42.9 Å². The van der Waals surface area contributed by atoms with Crippen LogP contribution in [0.4, 0.5) is 11.5 Å². The maximum atomic E-state index is 11.9. The fourth-order valence-corrected chi connectivity index (χ4v) is 5.66. The first kappa shape index (κ1) is 24.2. The molecule has 4 aromatic rings. The molecule has 0 amide bonds. The zero-order valence-corrected chi connectivity index (χ0v) is 21.7. The Bertz CT molecular complexity index is 1500. The molecule has 1 aliphatic heterocycles. The molecule has 0 saturated carbocycles. The minimum atomic E-state index is -3.20. The van der Waals surface area contributed by atoms with Crippen LogP contribution in [-0.2, 0) is 10.0 Å². The van der Waals surface area contributed by atoms with Gasteiger partial charge in [0.1, 0.15) is 11.8 Å². The van der Waals surface area contributed by atoms with Gasteiger partial charge in [0.15, 0.2) is 5.82 Å². The molecule has 2 N–H and O–H groups in total. The normalized spacial score (nSPS) is 15.4. The van der Waals surface area contributed by atoms with E-state index in [1.54, 1.807) is 13.2 Å². The molecule has 1 aliphatic rings. The van der Waals surface area contributed by atoms with Gasteiger partial charge >= 0.3 is 0 Å². The van der Waals surface area contributed by atoms with Crippen molar-refractivity contribution < 1.29 is 8.42 Å².